The average Bonchev–Trinajstić information content (AvgIpc) is 3.41. The summed E-state index contributed by atoms with van der Waals surface area (Å²) in [7, 11) is 0. The summed E-state index contributed by atoms with van der Waals surface area (Å²) in [6, 6.07) is 15.7. The average molecular weight is 491 g/mol. The lowest BCUT2D eigenvalue weighted by atomic mass is 10.1. The van der Waals surface area contributed by atoms with Gasteiger partial charge in [-0.05, 0) is 35.7 Å². The number of hydrogen-bond donors (Lipinski definition) is 0. The largest absolute Gasteiger partial charge is 0.366 e. The van der Waals surface area contributed by atoms with Gasteiger partial charge in [-0.2, -0.15) is 5.26 Å². The van der Waals surface area contributed by atoms with Gasteiger partial charge in [0, 0.05) is 37.1 Å². The number of hydrogen-bond acceptors (Lipinski definition) is 5. The maximum Gasteiger partial charge on any atom is 0.271 e. The zero-order valence-electron chi connectivity index (χ0n) is 18.6. The quantitative estimate of drug-likeness (QED) is 0.430. The number of pyridine rings is 1. The van der Waals surface area contributed by atoms with E-state index in [1.54, 1.807) is 29.2 Å². The van der Waals surface area contributed by atoms with Gasteiger partial charge in [0.1, 0.15) is 23.3 Å². The molecule has 2 aromatic carbocycles. The number of piperazine rings is 1. The van der Waals surface area contributed by atoms with Crippen LogP contribution in [0.15, 0.2) is 64.8 Å². The summed E-state index contributed by atoms with van der Waals surface area (Å²) >= 11 is 1.38. The normalized spacial score (nSPS) is 13.7. The molecular weight excluding hydrogens is 470 g/mol. The minimum atomic E-state index is -0.568. The maximum absolute atomic E-state index is 14.4. The molecule has 2 aromatic heterocycles. The van der Waals surface area contributed by atoms with E-state index in [2.05, 4.69) is 0 Å². The molecule has 1 saturated heterocycles. The highest BCUT2D eigenvalue weighted by Crippen LogP contribution is 2.31. The summed E-state index contributed by atoms with van der Waals surface area (Å²) in [5.41, 5.74) is 0.350. The second kappa shape index (κ2) is 9.31. The number of nitrogens with zero attached hydrogens (tertiary/aromatic N) is 4. The minimum absolute atomic E-state index is 0.0589. The number of anilines is 1. The van der Waals surface area contributed by atoms with Gasteiger partial charge in [-0.3, -0.25) is 9.59 Å². The third-order valence-corrected chi connectivity index (χ3v) is 7.07. The molecule has 5 rings (SSSR count). The molecule has 9 heteroatoms. The van der Waals surface area contributed by atoms with Gasteiger partial charge >= 0.3 is 0 Å². The van der Waals surface area contributed by atoms with Crippen molar-refractivity contribution in [1.82, 2.24) is 9.47 Å². The van der Waals surface area contributed by atoms with Crippen molar-refractivity contribution in [2.45, 2.75) is 6.54 Å². The predicted octanol–water partition coefficient (Wildman–Crippen LogP) is 4.22. The number of amides is 1. The van der Waals surface area contributed by atoms with Crippen LogP contribution in [0.3, 0.4) is 0 Å². The summed E-state index contributed by atoms with van der Waals surface area (Å²) in [5.74, 6) is -1.04. The zero-order chi connectivity index (χ0) is 24.5. The molecule has 0 aliphatic carbocycles. The van der Waals surface area contributed by atoms with Gasteiger partial charge in [-0.15, -0.1) is 11.3 Å². The number of nitriles is 1. The third-order valence-electron chi connectivity index (χ3n) is 6.21. The Bertz CT molecular complexity index is 1520. The minimum Gasteiger partial charge on any atom is -0.366 e. The van der Waals surface area contributed by atoms with E-state index in [-0.39, 0.29) is 23.6 Å². The number of benzene rings is 2. The molecule has 0 unspecified atom stereocenters. The zero-order valence-corrected chi connectivity index (χ0v) is 19.4. The molecule has 1 fully saturated rings. The summed E-state index contributed by atoms with van der Waals surface area (Å²) in [6.45, 7) is 1.47. The molecule has 0 N–H and O–H groups in total. The standard InChI is InChI=1S/C26H20F2N4O2S/c27-18-7-8-22-19(14-18)24(30-9-11-31(12-10-30)26(34)23-6-3-13-35-23)20(15-29)25(33)32(22)16-17-4-1-2-5-21(17)28/h1-8,13-14H,9-12,16H2. The number of rotatable bonds is 4. The van der Waals surface area contributed by atoms with Crippen LogP contribution < -0.4 is 10.5 Å². The smallest absolute Gasteiger partial charge is 0.271 e. The third kappa shape index (κ3) is 4.17. The summed E-state index contributed by atoms with van der Waals surface area (Å²) < 4.78 is 30.0. The van der Waals surface area contributed by atoms with E-state index in [1.807, 2.05) is 22.4 Å². The van der Waals surface area contributed by atoms with Crippen molar-refractivity contribution in [2.24, 2.45) is 0 Å². The molecular formula is C26H20F2N4O2S. The van der Waals surface area contributed by atoms with Crippen LogP contribution in [-0.4, -0.2) is 41.6 Å². The van der Waals surface area contributed by atoms with Gasteiger partial charge < -0.3 is 14.4 Å². The molecule has 0 radical (unpaired) electrons. The van der Waals surface area contributed by atoms with E-state index < -0.39 is 17.2 Å². The molecule has 1 aliphatic rings. The molecule has 1 aliphatic heterocycles. The molecule has 0 atom stereocenters. The van der Waals surface area contributed by atoms with Crippen molar-refractivity contribution < 1.29 is 13.6 Å². The molecule has 1 amide bonds. The topological polar surface area (TPSA) is 69.3 Å². The number of thiophene rings is 1. The summed E-state index contributed by atoms with van der Waals surface area (Å²) in [6.07, 6.45) is 0. The van der Waals surface area contributed by atoms with Crippen LogP contribution in [0.5, 0.6) is 0 Å². The molecule has 4 aromatic rings. The Morgan fingerprint density at radius 1 is 1.03 bits per heavy atom. The highest BCUT2D eigenvalue weighted by molar-refractivity contribution is 7.12. The van der Waals surface area contributed by atoms with Gasteiger partial charge in [-0.25, -0.2) is 8.78 Å². The van der Waals surface area contributed by atoms with E-state index in [0.717, 1.165) is 0 Å². The maximum atomic E-state index is 14.4. The summed E-state index contributed by atoms with van der Waals surface area (Å²) in [4.78, 5) is 30.4. The summed E-state index contributed by atoms with van der Waals surface area (Å²) in [5, 5.41) is 12.2. The fourth-order valence-electron chi connectivity index (χ4n) is 4.49. The van der Waals surface area contributed by atoms with Crippen molar-refractivity contribution in [2.75, 3.05) is 31.1 Å². The fraction of sp³-hybridized carbons (Fsp3) is 0.192. The molecule has 6 nitrogen and oxygen atoms in total. The number of aromatic nitrogens is 1. The second-order valence-corrected chi connectivity index (χ2v) is 9.18. The van der Waals surface area contributed by atoms with E-state index >= 15 is 0 Å². The Balaban J connectivity index is 1.56. The van der Waals surface area contributed by atoms with Crippen LogP contribution in [-0.2, 0) is 6.54 Å². The first-order valence-corrected chi connectivity index (χ1v) is 11.9. The Hall–Kier alpha value is -4.03. The fourth-order valence-corrected chi connectivity index (χ4v) is 5.18. The van der Waals surface area contributed by atoms with Gasteiger partial charge in [0.15, 0.2) is 0 Å². The van der Waals surface area contributed by atoms with E-state index in [4.69, 9.17) is 0 Å². The van der Waals surface area contributed by atoms with Crippen LogP contribution in [0.2, 0.25) is 0 Å². The predicted molar refractivity (Wildman–Crippen MR) is 131 cm³/mol. The van der Waals surface area contributed by atoms with E-state index in [1.165, 1.54) is 40.2 Å². The highest BCUT2D eigenvalue weighted by atomic mass is 32.1. The van der Waals surface area contributed by atoms with Gasteiger partial charge in [-0.1, -0.05) is 24.3 Å². The first-order valence-electron chi connectivity index (χ1n) is 11.0. The second-order valence-electron chi connectivity index (χ2n) is 8.24. The molecule has 176 valence electrons. The lowest BCUT2D eigenvalue weighted by Crippen LogP contribution is -2.49. The Kier molecular flexibility index (Phi) is 6.05. The number of fused-ring (bicyclic) bond motifs is 1. The van der Waals surface area contributed by atoms with Crippen LogP contribution in [0, 0.1) is 23.0 Å². The van der Waals surface area contributed by atoms with Crippen molar-refractivity contribution in [1.29, 1.82) is 5.26 Å². The molecule has 35 heavy (non-hydrogen) atoms. The van der Waals surface area contributed by atoms with Gasteiger partial charge in [0.05, 0.1) is 22.6 Å². The molecule has 0 spiro atoms. The number of carbonyl (C=O) groups excluding carboxylic acids is 1. The van der Waals surface area contributed by atoms with Crippen LogP contribution in [0.4, 0.5) is 14.5 Å². The van der Waals surface area contributed by atoms with Gasteiger partial charge in [0.25, 0.3) is 11.5 Å². The first kappa shape index (κ1) is 22.7. The van der Waals surface area contributed by atoms with Gasteiger partial charge in [0.2, 0.25) is 0 Å². The lowest BCUT2D eigenvalue weighted by Gasteiger charge is -2.37. The van der Waals surface area contributed by atoms with Crippen molar-refractivity contribution in [3.63, 3.8) is 0 Å². The monoisotopic (exact) mass is 490 g/mol. The van der Waals surface area contributed by atoms with E-state index in [9.17, 15) is 23.6 Å². The van der Waals surface area contributed by atoms with Crippen LogP contribution in [0.1, 0.15) is 20.8 Å². The highest BCUT2D eigenvalue weighted by Gasteiger charge is 2.27. The number of halogens is 2. The Morgan fingerprint density at radius 3 is 2.49 bits per heavy atom. The van der Waals surface area contributed by atoms with E-state index in [0.29, 0.717) is 47.6 Å². The molecule has 0 saturated carbocycles. The first-order chi connectivity index (χ1) is 17.0. The van der Waals surface area contributed by atoms with Crippen molar-refractivity contribution in [3.05, 3.63) is 98.0 Å². The van der Waals surface area contributed by atoms with Crippen LogP contribution in [0.25, 0.3) is 10.9 Å². The number of carbonyl (C=O) groups is 1. The lowest BCUT2D eigenvalue weighted by molar-refractivity contribution is 0.0751. The Morgan fingerprint density at radius 2 is 1.80 bits per heavy atom. The van der Waals surface area contributed by atoms with Crippen molar-refractivity contribution in [3.8, 4) is 6.07 Å². The Labute approximate surface area is 203 Å². The van der Waals surface area contributed by atoms with Crippen LogP contribution >= 0.6 is 11.3 Å². The van der Waals surface area contributed by atoms with Crippen molar-refractivity contribution >= 4 is 33.8 Å². The SMILES string of the molecule is N#Cc1c(N2CCN(C(=O)c3cccs3)CC2)c2cc(F)ccc2n(Cc2ccccc2F)c1=O. The molecule has 3 heterocycles. The molecule has 0 bridgehead atoms.